The molecular formula is C13H19NO4. The van der Waals surface area contributed by atoms with Crippen LogP contribution in [0.15, 0.2) is 24.3 Å². The third-order valence-electron chi connectivity index (χ3n) is 1.64. The van der Waals surface area contributed by atoms with E-state index in [1.807, 2.05) is 14.1 Å². The largest absolute Gasteiger partial charge is 0.462 e. The Bertz CT molecular complexity index is 390. The van der Waals surface area contributed by atoms with E-state index >= 15 is 0 Å². The van der Waals surface area contributed by atoms with Gasteiger partial charge in [0.05, 0.1) is 6.61 Å². The van der Waals surface area contributed by atoms with Crippen LogP contribution < -0.4 is 10.1 Å². The number of ether oxygens (including phenoxy) is 2. The van der Waals surface area contributed by atoms with Gasteiger partial charge in [-0.2, -0.15) is 0 Å². The molecule has 0 heterocycles. The van der Waals surface area contributed by atoms with Gasteiger partial charge < -0.3 is 14.8 Å². The highest BCUT2D eigenvalue weighted by molar-refractivity contribution is 5.93. The number of para-hydroxylation sites is 1. The summed E-state index contributed by atoms with van der Waals surface area (Å²) in [5.41, 5.74) is 0.259. The lowest BCUT2D eigenvalue weighted by Gasteiger charge is -2.07. The van der Waals surface area contributed by atoms with Crippen LogP contribution in [0.3, 0.4) is 0 Å². The van der Waals surface area contributed by atoms with E-state index in [0.717, 1.165) is 0 Å². The maximum atomic E-state index is 11.4. The molecule has 0 bridgehead atoms. The van der Waals surface area contributed by atoms with Gasteiger partial charge in [-0.25, -0.2) is 4.79 Å². The van der Waals surface area contributed by atoms with Crippen molar-refractivity contribution < 1.29 is 19.1 Å². The molecule has 1 rings (SSSR count). The fraction of sp³-hybridized carbons (Fsp3) is 0.385. The van der Waals surface area contributed by atoms with Crippen LogP contribution in [0.5, 0.6) is 5.75 Å². The van der Waals surface area contributed by atoms with Gasteiger partial charge in [0.1, 0.15) is 11.3 Å². The Morgan fingerprint density at radius 3 is 2.28 bits per heavy atom. The molecule has 18 heavy (non-hydrogen) atoms. The van der Waals surface area contributed by atoms with Crippen LogP contribution in [0.1, 0.15) is 24.2 Å². The molecule has 0 saturated carbocycles. The smallest absolute Gasteiger partial charge is 0.341 e. The zero-order chi connectivity index (χ0) is 14.0. The molecule has 0 aliphatic heterocycles. The number of hydrogen-bond acceptors (Lipinski definition) is 5. The zero-order valence-electron chi connectivity index (χ0n) is 11.1. The first-order valence-electron chi connectivity index (χ1n) is 5.59. The minimum absolute atomic E-state index is 0.225. The van der Waals surface area contributed by atoms with E-state index in [1.165, 1.54) is 6.92 Å². The molecule has 0 aliphatic carbocycles. The predicted octanol–water partition coefficient (Wildman–Crippen LogP) is 1.62. The van der Waals surface area contributed by atoms with Crippen LogP contribution in [-0.2, 0) is 9.53 Å². The molecule has 0 saturated heterocycles. The van der Waals surface area contributed by atoms with Gasteiger partial charge in [0.25, 0.3) is 0 Å². The predicted molar refractivity (Wildman–Crippen MR) is 68.7 cm³/mol. The first kappa shape index (κ1) is 16.1. The van der Waals surface area contributed by atoms with Crippen LogP contribution in [0.4, 0.5) is 0 Å². The maximum absolute atomic E-state index is 11.4. The number of nitrogens with one attached hydrogen (secondary N) is 1. The molecule has 0 aliphatic rings. The quantitative estimate of drug-likeness (QED) is 0.655. The van der Waals surface area contributed by atoms with Crippen LogP contribution in [0, 0.1) is 0 Å². The van der Waals surface area contributed by atoms with Crippen molar-refractivity contribution >= 4 is 11.9 Å². The number of hydrogen-bond donors (Lipinski definition) is 1. The van der Waals surface area contributed by atoms with Crippen molar-refractivity contribution in [2.45, 2.75) is 13.8 Å². The summed E-state index contributed by atoms with van der Waals surface area (Å²) in [5, 5.41) is 2.75. The minimum atomic E-state index is -0.491. The molecule has 0 atom stereocenters. The highest BCUT2D eigenvalue weighted by Gasteiger charge is 2.13. The van der Waals surface area contributed by atoms with Gasteiger partial charge in [-0.15, -0.1) is 0 Å². The van der Waals surface area contributed by atoms with Crippen molar-refractivity contribution in [1.29, 1.82) is 0 Å². The first-order valence-corrected chi connectivity index (χ1v) is 5.59. The molecule has 0 spiro atoms. The summed E-state index contributed by atoms with van der Waals surface area (Å²) in [6.07, 6.45) is 0. The van der Waals surface area contributed by atoms with Gasteiger partial charge in [0, 0.05) is 6.92 Å². The number of esters is 2. The maximum Gasteiger partial charge on any atom is 0.341 e. The van der Waals surface area contributed by atoms with Crippen molar-refractivity contribution in [1.82, 2.24) is 5.32 Å². The summed E-state index contributed by atoms with van der Waals surface area (Å²) in [7, 11) is 3.75. The summed E-state index contributed by atoms with van der Waals surface area (Å²) in [6, 6.07) is 6.46. The van der Waals surface area contributed by atoms with E-state index in [4.69, 9.17) is 9.47 Å². The molecule has 1 aromatic carbocycles. The minimum Gasteiger partial charge on any atom is -0.462 e. The normalized spacial score (nSPS) is 8.89. The Labute approximate surface area is 107 Å². The first-order chi connectivity index (χ1) is 8.56. The van der Waals surface area contributed by atoms with Crippen molar-refractivity contribution in [2.75, 3.05) is 20.7 Å². The van der Waals surface area contributed by atoms with Crippen molar-refractivity contribution in [3.8, 4) is 5.75 Å². The average Bonchev–Trinajstić information content (AvgIpc) is 2.30. The average molecular weight is 253 g/mol. The Balaban J connectivity index is 0.000000873. The Morgan fingerprint density at radius 2 is 1.78 bits per heavy atom. The van der Waals surface area contributed by atoms with Crippen LogP contribution >= 0.6 is 0 Å². The van der Waals surface area contributed by atoms with Crippen LogP contribution in [0.2, 0.25) is 0 Å². The molecule has 1 N–H and O–H groups in total. The molecule has 0 radical (unpaired) electrons. The fourth-order valence-electron chi connectivity index (χ4n) is 1.09. The number of rotatable bonds is 3. The van der Waals surface area contributed by atoms with Gasteiger partial charge >= 0.3 is 11.9 Å². The Morgan fingerprint density at radius 1 is 1.22 bits per heavy atom. The summed E-state index contributed by atoms with van der Waals surface area (Å²) in [6.45, 7) is 3.28. The summed E-state index contributed by atoms with van der Waals surface area (Å²) in [4.78, 5) is 22.2. The Hall–Kier alpha value is -1.88. The van der Waals surface area contributed by atoms with Gasteiger partial charge in [0.2, 0.25) is 0 Å². The van der Waals surface area contributed by atoms with Gasteiger partial charge in [0.15, 0.2) is 0 Å². The SMILES string of the molecule is CCOC(=O)c1ccccc1OC(C)=O.CNC. The molecule has 5 heteroatoms. The molecule has 0 fully saturated rings. The third-order valence-corrected chi connectivity index (χ3v) is 1.64. The lowest BCUT2D eigenvalue weighted by Crippen LogP contribution is -2.10. The number of carbonyl (C=O) groups excluding carboxylic acids is 2. The van der Waals surface area contributed by atoms with Gasteiger partial charge in [-0.05, 0) is 33.2 Å². The molecule has 5 nitrogen and oxygen atoms in total. The van der Waals surface area contributed by atoms with Gasteiger partial charge in [-0.3, -0.25) is 4.79 Å². The number of benzene rings is 1. The molecule has 1 aromatic rings. The molecular weight excluding hydrogens is 234 g/mol. The lowest BCUT2D eigenvalue weighted by atomic mass is 10.2. The Kier molecular flexibility index (Phi) is 8.22. The van der Waals surface area contributed by atoms with E-state index in [-0.39, 0.29) is 17.9 Å². The second kappa shape index (κ2) is 9.18. The van der Waals surface area contributed by atoms with Crippen LogP contribution in [-0.4, -0.2) is 32.6 Å². The van der Waals surface area contributed by atoms with Crippen molar-refractivity contribution in [2.24, 2.45) is 0 Å². The van der Waals surface area contributed by atoms with Crippen LogP contribution in [0.25, 0.3) is 0 Å². The standard InChI is InChI=1S/C11H12O4.C2H7N/c1-3-14-11(13)9-6-4-5-7-10(9)15-8(2)12;1-3-2/h4-7H,3H2,1-2H3;3H,1-2H3. The number of carbonyl (C=O) groups is 2. The van der Waals surface area contributed by atoms with E-state index in [1.54, 1.807) is 31.2 Å². The summed E-state index contributed by atoms with van der Waals surface area (Å²) >= 11 is 0. The monoisotopic (exact) mass is 253 g/mol. The summed E-state index contributed by atoms with van der Waals surface area (Å²) < 4.78 is 9.69. The topological polar surface area (TPSA) is 64.6 Å². The molecule has 0 aromatic heterocycles. The molecule has 0 amide bonds. The van der Waals surface area contributed by atoms with E-state index in [9.17, 15) is 9.59 Å². The highest BCUT2D eigenvalue weighted by Crippen LogP contribution is 2.18. The zero-order valence-corrected chi connectivity index (χ0v) is 11.1. The lowest BCUT2D eigenvalue weighted by molar-refractivity contribution is -0.131. The molecule has 0 unspecified atom stereocenters. The third kappa shape index (κ3) is 6.00. The molecule has 100 valence electrons. The van der Waals surface area contributed by atoms with Gasteiger partial charge in [-0.1, -0.05) is 12.1 Å². The van der Waals surface area contributed by atoms with E-state index < -0.39 is 11.9 Å². The summed E-state index contributed by atoms with van der Waals surface area (Å²) in [5.74, 6) is -0.732. The second-order valence-corrected chi connectivity index (χ2v) is 3.31. The fourth-order valence-corrected chi connectivity index (χ4v) is 1.09. The van der Waals surface area contributed by atoms with Crippen molar-refractivity contribution in [3.63, 3.8) is 0 Å². The highest BCUT2D eigenvalue weighted by atomic mass is 16.5. The second-order valence-electron chi connectivity index (χ2n) is 3.31. The van der Waals surface area contributed by atoms with E-state index in [2.05, 4.69) is 5.32 Å². The van der Waals surface area contributed by atoms with Crippen molar-refractivity contribution in [3.05, 3.63) is 29.8 Å². The van der Waals surface area contributed by atoms with E-state index in [0.29, 0.717) is 0 Å².